The van der Waals surface area contributed by atoms with Gasteiger partial charge in [0.25, 0.3) is 0 Å². The first-order chi connectivity index (χ1) is 59.4. The average Bonchev–Trinajstić information content (AvgIpc) is 1.51. The number of hydrogen-bond acceptors (Lipinski definition) is 8. The van der Waals surface area contributed by atoms with E-state index in [2.05, 4.69) is 382 Å². The fraction of sp³-hybridized carbons (Fsp3) is 0.0179. The quantitative estimate of drug-likeness (QED) is 0.127. The Hall–Kier alpha value is -14.8. The van der Waals surface area contributed by atoms with Gasteiger partial charge in [0.1, 0.15) is 0 Å². The standard InChI is InChI=1S/C112H68N6S2/c1-4-22-71(23-5-1)83-58-59-85(108-90(83)33-21-61-114-108)80-52-56-88-89-57-53-81(66-98(89)112(97(88)65-80)93-36-12-16-40-105(93)120-106-41-17-13-37-94(106)112)102-68-100(73-26-8-3-9-27-73)117-110(118-102)82-30-18-29-77(62-82)69-42-46-74(47-43-69)101-67-99(72-24-6-2-7-25-72)115-109(116-101)76-48-44-70(45-49-76)78-50-54-86-87-55-51-79(84-32-19-28-75-31-20-60-113-107(75)84)64-96(87)111(95(86)63-78)91-34-10-14-38-103(91)119-104-39-15-11-35-92(104)111/h1-68H. The van der Waals surface area contributed by atoms with Gasteiger partial charge in [-0.2, -0.15) is 0 Å². The van der Waals surface area contributed by atoms with Crippen LogP contribution in [0, 0.1) is 0 Å². The molecule has 24 rings (SSSR count). The van der Waals surface area contributed by atoms with Gasteiger partial charge in [-0.3, -0.25) is 9.97 Å². The van der Waals surface area contributed by atoms with Crippen molar-refractivity contribution in [2.45, 2.75) is 30.4 Å². The van der Waals surface area contributed by atoms with Crippen LogP contribution < -0.4 is 0 Å². The van der Waals surface area contributed by atoms with E-state index in [1.165, 1.54) is 97.5 Å². The number of pyridine rings is 2. The lowest BCUT2D eigenvalue weighted by Crippen LogP contribution is -2.32. The van der Waals surface area contributed by atoms with Crippen LogP contribution in [-0.4, -0.2) is 29.9 Å². The third-order valence-electron chi connectivity index (χ3n) is 25.0. The molecule has 0 bridgehead atoms. The zero-order valence-electron chi connectivity index (χ0n) is 64.8. The smallest absolute Gasteiger partial charge is 0.160 e. The van der Waals surface area contributed by atoms with Crippen molar-refractivity contribution in [2.75, 3.05) is 0 Å². The van der Waals surface area contributed by atoms with Crippen LogP contribution in [0.15, 0.2) is 432 Å². The molecule has 2 spiro atoms. The molecular weight excluding hydrogens is 1490 g/mol. The minimum Gasteiger partial charge on any atom is -0.256 e. The van der Waals surface area contributed by atoms with Crippen LogP contribution in [0.4, 0.5) is 0 Å². The van der Waals surface area contributed by atoms with Gasteiger partial charge in [-0.1, -0.05) is 345 Å². The summed E-state index contributed by atoms with van der Waals surface area (Å²) < 4.78 is 0. The van der Waals surface area contributed by atoms with Gasteiger partial charge in [0.2, 0.25) is 0 Å². The van der Waals surface area contributed by atoms with Crippen molar-refractivity contribution >= 4 is 45.3 Å². The summed E-state index contributed by atoms with van der Waals surface area (Å²) in [5, 5.41) is 2.25. The maximum absolute atomic E-state index is 5.61. The van der Waals surface area contributed by atoms with E-state index in [0.717, 1.165) is 122 Å². The van der Waals surface area contributed by atoms with E-state index < -0.39 is 10.8 Å². The molecular formula is C112H68N6S2. The van der Waals surface area contributed by atoms with Crippen molar-refractivity contribution in [1.82, 2.24) is 29.9 Å². The zero-order chi connectivity index (χ0) is 79.0. The summed E-state index contributed by atoms with van der Waals surface area (Å²) in [7, 11) is 0. The minimum atomic E-state index is -0.676. The fourth-order valence-corrected chi connectivity index (χ4v) is 21.9. The monoisotopic (exact) mass is 1560 g/mol. The number of para-hydroxylation sites is 1. The van der Waals surface area contributed by atoms with Crippen LogP contribution in [0.1, 0.15) is 44.5 Å². The first-order valence-corrected chi connectivity index (χ1v) is 42.4. The number of rotatable bonds is 11. The molecule has 0 saturated carbocycles. The highest BCUT2D eigenvalue weighted by molar-refractivity contribution is 7.99. The van der Waals surface area contributed by atoms with Gasteiger partial charge in [0, 0.05) is 87.3 Å². The molecule has 20 aromatic rings. The molecule has 6 nitrogen and oxygen atoms in total. The molecule has 0 saturated heterocycles. The average molecular weight is 1560 g/mol. The lowest BCUT2D eigenvalue weighted by atomic mass is 9.67. The molecule has 16 aromatic carbocycles. The van der Waals surface area contributed by atoms with Gasteiger partial charge < -0.3 is 0 Å². The third kappa shape index (κ3) is 11.1. The van der Waals surface area contributed by atoms with Crippen molar-refractivity contribution in [2.24, 2.45) is 0 Å². The predicted octanol–water partition coefficient (Wildman–Crippen LogP) is 28.4. The molecule has 0 fully saturated rings. The number of benzene rings is 16. The topological polar surface area (TPSA) is 77.3 Å². The predicted molar refractivity (Wildman–Crippen MR) is 491 cm³/mol. The van der Waals surface area contributed by atoms with Crippen molar-refractivity contribution in [3.8, 4) is 146 Å². The summed E-state index contributed by atoms with van der Waals surface area (Å²) in [6.07, 6.45) is 3.82. The first kappa shape index (κ1) is 69.5. The summed E-state index contributed by atoms with van der Waals surface area (Å²) in [4.78, 5) is 36.9. The number of hydrogen-bond donors (Lipinski definition) is 0. The van der Waals surface area contributed by atoms with E-state index in [4.69, 9.17) is 29.9 Å². The lowest BCUT2D eigenvalue weighted by Gasteiger charge is -2.40. The molecule has 558 valence electrons. The highest BCUT2D eigenvalue weighted by Crippen LogP contribution is 2.65. The summed E-state index contributed by atoms with van der Waals surface area (Å²) in [6, 6.07) is 146. The van der Waals surface area contributed by atoms with Gasteiger partial charge in [-0.05, 0) is 190 Å². The second kappa shape index (κ2) is 28.0. The molecule has 0 amide bonds. The Labute approximate surface area is 703 Å². The Kier molecular flexibility index (Phi) is 16.2. The second-order valence-electron chi connectivity index (χ2n) is 31.4. The van der Waals surface area contributed by atoms with Crippen LogP contribution in [0.25, 0.3) is 167 Å². The molecule has 0 atom stereocenters. The van der Waals surface area contributed by atoms with Gasteiger partial charge in [-0.25, -0.2) is 19.9 Å². The summed E-state index contributed by atoms with van der Waals surface area (Å²) in [5.41, 5.74) is 36.2. The van der Waals surface area contributed by atoms with Crippen molar-refractivity contribution in [3.63, 3.8) is 0 Å². The first-order valence-electron chi connectivity index (χ1n) is 40.7. The van der Waals surface area contributed by atoms with Gasteiger partial charge in [-0.15, -0.1) is 0 Å². The molecule has 6 heterocycles. The van der Waals surface area contributed by atoms with Crippen molar-refractivity contribution in [3.05, 3.63) is 457 Å². The minimum absolute atomic E-state index is 0.586. The Balaban J connectivity index is 0.572. The van der Waals surface area contributed by atoms with Crippen LogP contribution in [0.5, 0.6) is 0 Å². The summed E-state index contributed by atoms with van der Waals surface area (Å²) in [6.45, 7) is 0. The van der Waals surface area contributed by atoms with Gasteiger partial charge >= 0.3 is 0 Å². The van der Waals surface area contributed by atoms with Crippen molar-refractivity contribution < 1.29 is 0 Å². The Morgan fingerprint density at radius 2 is 0.517 bits per heavy atom. The number of fused-ring (bicyclic) bond motifs is 20. The van der Waals surface area contributed by atoms with Crippen LogP contribution in [-0.2, 0) is 10.8 Å². The van der Waals surface area contributed by atoms with E-state index in [0.29, 0.717) is 11.6 Å². The van der Waals surface area contributed by atoms with E-state index in [1.807, 2.05) is 54.1 Å². The maximum atomic E-state index is 5.61. The van der Waals surface area contributed by atoms with E-state index >= 15 is 0 Å². The van der Waals surface area contributed by atoms with E-state index in [1.54, 1.807) is 0 Å². The highest BCUT2D eigenvalue weighted by atomic mass is 32.2. The molecule has 120 heavy (non-hydrogen) atoms. The van der Waals surface area contributed by atoms with Gasteiger partial charge in [0.15, 0.2) is 11.6 Å². The highest BCUT2D eigenvalue weighted by Gasteiger charge is 2.52. The number of nitrogens with zero attached hydrogens (tertiary/aromatic N) is 6. The lowest BCUT2D eigenvalue weighted by molar-refractivity contribution is 0.723. The Morgan fingerprint density at radius 1 is 0.183 bits per heavy atom. The SMILES string of the molecule is c1ccc(-c2cc(-c3ccc(-c4cccc(-c5nc(-c6ccccc6)cc(-c6ccc7c(c6)C6(c8ccccc8Sc8ccccc86)c6cc(-c8ccc(-c9ccccc9)c9cccnc89)ccc6-7)n5)c4)cc3)nc(-c3ccc(-c4ccc5c(c4)C4(c6ccccc6Sc6ccccc64)c4cc(-c6cccc7cccnc67)ccc4-5)cc3)n2)cc1. The normalized spacial score (nSPS) is 13.2. The summed E-state index contributed by atoms with van der Waals surface area (Å²) in [5.74, 6) is 1.29. The number of aromatic nitrogens is 6. The van der Waals surface area contributed by atoms with Gasteiger partial charge in [0.05, 0.1) is 44.6 Å². The molecule has 0 N–H and O–H groups in total. The maximum Gasteiger partial charge on any atom is 0.160 e. The second-order valence-corrected chi connectivity index (χ2v) is 33.6. The third-order valence-corrected chi connectivity index (χ3v) is 27.3. The molecule has 8 heteroatoms. The van der Waals surface area contributed by atoms with Crippen molar-refractivity contribution in [1.29, 1.82) is 0 Å². The fourth-order valence-electron chi connectivity index (χ4n) is 19.5. The van der Waals surface area contributed by atoms with Crippen LogP contribution in [0.3, 0.4) is 0 Å². The van der Waals surface area contributed by atoms with E-state index in [9.17, 15) is 0 Å². The molecule has 4 aliphatic rings. The van der Waals surface area contributed by atoms with E-state index in [-0.39, 0.29) is 0 Å². The Morgan fingerprint density at radius 3 is 1.04 bits per heavy atom. The van der Waals surface area contributed by atoms with Crippen LogP contribution >= 0.6 is 23.5 Å². The zero-order valence-corrected chi connectivity index (χ0v) is 66.4. The van der Waals surface area contributed by atoms with Crippen LogP contribution in [0.2, 0.25) is 0 Å². The summed E-state index contributed by atoms with van der Waals surface area (Å²) >= 11 is 3.72. The Bertz CT molecular complexity index is 7500. The molecule has 2 aliphatic carbocycles. The largest absolute Gasteiger partial charge is 0.256 e. The molecule has 0 radical (unpaired) electrons. The molecule has 0 unspecified atom stereocenters. The molecule has 2 aliphatic heterocycles. The molecule has 4 aromatic heterocycles.